The van der Waals surface area contributed by atoms with Crippen molar-refractivity contribution in [3.63, 3.8) is 0 Å². The SMILES string of the molecule is Cc1ccc(C2=CCCCc3cc4c(c(P(c5ccccc5)c5ccccc5)c32)C(c2ccc(C)cc2)=CCCC4)cc1. The maximum atomic E-state index is 2.61. The number of fused-ring (bicyclic) bond motifs is 2. The van der Waals surface area contributed by atoms with Crippen LogP contribution in [-0.4, -0.2) is 0 Å². The lowest BCUT2D eigenvalue weighted by Gasteiger charge is -2.30. The van der Waals surface area contributed by atoms with E-state index in [1.165, 1.54) is 79.1 Å². The Morgan fingerprint density at radius 1 is 0.488 bits per heavy atom. The summed E-state index contributed by atoms with van der Waals surface area (Å²) in [7, 11) is -0.827. The summed E-state index contributed by atoms with van der Waals surface area (Å²) in [6, 6.07) is 43.7. The molecule has 0 amide bonds. The highest BCUT2D eigenvalue weighted by Crippen LogP contribution is 2.46. The van der Waals surface area contributed by atoms with Crippen LogP contribution < -0.4 is 15.9 Å². The van der Waals surface area contributed by atoms with Gasteiger partial charge < -0.3 is 0 Å². The van der Waals surface area contributed by atoms with Crippen LogP contribution in [-0.2, 0) is 12.8 Å². The molecule has 43 heavy (non-hydrogen) atoms. The van der Waals surface area contributed by atoms with Gasteiger partial charge in [0, 0.05) is 5.30 Å². The molecule has 0 heterocycles. The van der Waals surface area contributed by atoms with Gasteiger partial charge in [-0.3, -0.25) is 0 Å². The van der Waals surface area contributed by atoms with Gasteiger partial charge in [0.2, 0.25) is 0 Å². The first-order valence-electron chi connectivity index (χ1n) is 15.8. The summed E-state index contributed by atoms with van der Waals surface area (Å²) in [6.07, 6.45) is 11.9. The highest BCUT2D eigenvalue weighted by Gasteiger charge is 2.31. The van der Waals surface area contributed by atoms with Crippen LogP contribution >= 0.6 is 7.92 Å². The summed E-state index contributed by atoms with van der Waals surface area (Å²) in [5.74, 6) is 0. The van der Waals surface area contributed by atoms with E-state index in [9.17, 15) is 0 Å². The number of aryl methyl sites for hydroxylation is 4. The van der Waals surface area contributed by atoms with E-state index in [2.05, 4.69) is 141 Å². The van der Waals surface area contributed by atoms with Crippen molar-refractivity contribution in [3.05, 3.63) is 172 Å². The quantitative estimate of drug-likeness (QED) is 0.183. The van der Waals surface area contributed by atoms with Crippen molar-refractivity contribution in [1.29, 1.82) is 0 Å². The first-order valence-corrected chi connectivity index (χ1v) is 17.2. The second-order valence-electron chi connectivity index (χ2n) is 12.1. The molecule has 0 aromatic heterocycles. The number of hydrogen-bond donors (Lipinski definition) is 0. The van der Waals surface area contributed by atoms with Crippen LogP contribution in [0.2, 0.25) is 0 Å². The third kappa shape index (κ3) is 5.58. The zero-order valence-corrected chi connectivity index (χ0v) is 26.2. The first-order chi connectivity index (χ1) is 21.2. The molecule has 0 N–H and O–H groups in total. The van der Waals surface area contributed by atoms with Crippen LogP contribution in [0.15, 0.2) is 127 Å². The molecule has 2 aliphatic carbocycles. The number of rotatable bonds is 5. The summed E-state index contributed by atoms with van der Waals surface area (Å²) in [5, 5.41) is 4.38. The summed E-state index contributed by atoms with van der Waals surface area (Å²) >= 11 is 0. The number of hydrogen-bond acceptors (Lipinski definition) is 0. The third-order valence-corrected chi connectivity index (χ3v) is 11.5. The minimum atomic E-state index is -0.827. The van der Waals surface area contributed by atoms with Crippen LogP contribution in [0.3, 0.4) is 0 Å². The number of allylic oxidation sites excluding steroid dienone is 2. The fourth-order valence-electron chi connectivity index (χ4n) is 6.84. The summed E-state index contributed by atoms with van der Waals surface area (Å²) in [5.41, 5.74) is 14.1. The van der Waals surface area contributed by atoms with Crippen LogP contribution in [0.5, 0.6) is 0 Å². The highest BCUT2D eigenvalue weighted by atomic mass is 31.1. The largest absolute Gasteiger partial charge is 0.0760 e. The maximum absolute atomic E-state index is 2.61. The monoisotopic (exact) mass is 574 g/mol. The van der Waals surface area contributed by atoms with E-state index in [1.807, 2.05) is 0 Å². The van der Waals surface area contributed by atoms with Gasteiger partial charge in [-0.2, -0.15) is 0 Å². The van der Waals surface area contributed by atoms with E-state index in [0.717, 1.165) is 25.7 Å². The van der Waals surface area contributed by atoms with Crippen LogP contribution in [0.1, 0.15) is 70.2 Å². The first kappa shape index (κ1) is 27.8. The molecule has 5 aromatic rings. The van der Waals surface area contributed by atoms with Gasteiger partial charge in [0.1, 0.15) is 0 Å². The Morgan fingerprint density at radius 3 is 1.33 bits per heavy atom. The standard InChI is InChI=1S/C42H39P/c1-30-21-25-32(26-22-30)38-19-11-9-13-34-29-35-14-10-12-20-39(33-27-23-31(2)24-28-33)41(35)42(40(34)38)43(36-15-5-3-6-16-36)37-17-7-4-8-18-37/h3-8,15-29H,9-14H2,1-2H3. The fourth-order valence-corrected chi connectivity index (χ4v) is 9.57. The molecule has 0 fully saturated rings. The van der Waals surface area contributed by atoms with Crippen molar-refractivity contribution in [3.8, 4) is 0 Å². The lowest BCUT2D eigenvalue weighted by Crippen LogP contribution is -2.28. The predicted octanol–water partition coefficient (Wildman–Crippen LogP) is 9.60. The molecule has 0 unspecified atom stereocenters. The normalized spacial score (nSPS) is 14.7. The average Bonchev–Trinajstić information content (AvgIpc) is 3.39. The Balaban J connectivity index is 1.62. The molecule has 5 aromatic carbocycles. The van der Waals surface area contributed by atoms with Crippen molar-refractivity contribution in [2.24, 2.45) is 0 Å². The molecular weight excluding hydrogens is 535 g/mol. The second kappa shape index (κ2) is 12.3. The van der Waals surface area contributed by atoms with Crippen molar-refractivity contribution < 1.29 is 0 Å². The summed E-state index contributed by atoms with van der Waals surface area (Å²) in [6.45, 7) is 4.38. The lowest BCUT2D eigenvalue weighted by molar-refractivity contribution is 0.834. The highest BCUT2D eigenvalue weighted by molar-refractivity contribution is 7.80. The van der Waals surface area contributed by atoms with E-state index in [1.54, 1.807) is 5.30 Å². The Labute approximate surface area is 258 Å². The molecule has 0 nitrogen and oxygen atoms in total. The smallest absolute Gasteiger partial charge is 0.00117 e. The number of benzene rings is 5. The van der Waals surface area contributed by atoms with Crippen LogP contribution in [0.4, 0.5) is 0 Å². The van der Waals surface area contributed by atoms with Gasteiger partial charge >= 0.3 is 0 Å². The Morgan fingerprint density at radius 2 is 0.907 bits per heavy atom. The molecule has 212 valence electrons. The topological polar surface area (TPSA) is 0 Å². The van der Waals surface area contributed by atoms with Gasteiger partial charge in [0.15, 0.2) is 0 Å². The molecule has 0 radical (unpaired) electrons. The van der Waals surface area contributed by atoms with Crippen LogP contribution in [0.25, 0.3) is 11.1 Å². The zero-order valence-electron chi connectivity index (χ0n) is 25.3. The minimum Gasteiger partial charge on any atom is -0.0760 e. The molecule has 0 atom stereocenters. The molecule has 0 aliphatic heterocycles. The van der Waals surface area contributed by atoms with E-state index in [4.69, 9.17) is 0 Å². The van der Waals surface area contributed by atoms with Gasteiger partial charge in [0.05, 0.1) is 0 Å². The van der Waals surface area contributed by atoms with Crippen molar-refractivity contribution in [2.45, 2.75) is 52.4 Å². The lowest BCUT2D eigenvalue weighted by atomic mass is 9.85. The fraction of sp³-hybridized carbons (Fsp3) is 0.190. The molecule has 0 bridgehead atoms. The summed E-state index contributed by atoms with van der Waals surface area (Å²) in [4.78, 5) is 0. The van der Waals surface area contributed by atoms with Gasteiger partial charge in [-0.05, 0) is 115 Å². The zero-order chi connectivity index (χ0) is 29.2. The molecule has 1 heteroatoms. The molecular formula is C42H39P. The van der Waals surface area contributed by atoms with Gasteiger partial charge in [0.25, 0.3) is 0 Å². The Bertz CT molecular complexity index is 1660. The van der Waals surface area contributed by atoms with E-state index >= 15 is 0 Å². The van der Waals surface area contributed by atoms with Crippen molar-refractivity contribution in [1.82, 2.24) is 0 Å². The molecule has 0 saturated carbocycles. The predicted molar refractivity (Wildman–Crippen MR) is 188 cm³/mol. The van der Waals surface area contributed by atoms with E-state index < -0.39 is 7.92 Å². The molecule has 0 spiro atoms. The van der Waals surface area contributed by atoms with E-state index in [0.29, 0.717) is 0 Å². The van der Waals surface area contributed by atoms with Gasteiger partial charge in [-0.15, -0.1) is 0 Å². The Kier molecular flexibility index (Phi) is 7.97. The minimum absolute atomic E-state index is 0.827. The van der Waals surface area contributed by atoms with Crippen LogP contribution in [0, 0.1) is 13.8 Å². The molecule has 7 rings (SSSR count). The van der Waals surface area contributed by atoms with Crippen molar-refractivity contribution in [2.75, 3.05) is 0 Å². The molecule has 0 saturated heterocycles. The average molecular weight is 575 g/mol. The van der Waals surface area contributed by atoms with Gasteiger partial charge in [-0.25, -0.2) is 0 Å². The van der Waals surface area contributed by atoms with E-state index in [-0.39, 0.29) is 0 Å². The van der Waals surface area contributed by atoms with Gasteiger partial charge in [-0.1, -0.05) is 139 Å². The van der Waals surface area contributed by atoms with Crippen molar-refractivity contribution >= 4 is 35.0 Å². The Hall–Kier alpha value is -3.99. The summed E-state index contributed by atoms with van der Waals surface area (Å²) < 4.78 is 0. The maximum Gasteiger partial charge on any atom is 0.00117 e. The molecule has 2 aliphatic rings. The second-order valence-corrected chi connectivity index (χ2v) is 14.2. The third-order valence-electron chi connectivity index (χ3n) is 8.98.